The van der Waals surface area contributed by atoms with Crippen molar-refractivity contribution in [3.05, 3.63) is 34.9 Å². The molecule has 0 amide bonds. The molecule has 4 nitrogen and oxygen atoms in total. The molecule has 1 aromatic heterocycles. The first kappa shape index (κ1) is 12.0. The lowest BCUT2D eigenvalue weighted by molar-refractivity contribution is 0.0698. The normalized spacial score (nSPS) is 14.2. The molecule has 0 spiro atoms. The summed E-state index contributed by atoms with van der Waals surface area (Å²) < 4.78 is 5.13. The highest BCUT2D eigenvalue weighted by molar-refractivity contribution is 6.04. The maximum absolute atomic E-state index is 11.4. The molecule has 0 radical (unpaired) electrons. The largest absolute Gasteiger partial charge is 0.481 e. The number of fused-ring (bicyclic) bond motifs is 3. The lowest BCUT2D eigenvalue weighted by atomic mass is 9.89. The number of nitrogens with zero attached hydrogens (tertiary/aromatic N) is 1. The van der Waals surface area contributed by atoms with Crippen molar-refractivity contribution in [3.63, 3.8) is 0 Å². The Labute approximate surface area is 111 Å². The highest BCUT2D eigenvalue weighted by Gasteiger charge is 2.18. The fourth-order valence-electron chi connectivity index (χ4n) is 2.78. The molecule has 0 saturated heterocycles. The second-order valence-corrected chi connectivity index (χ2v) is 4.82. The Morgan fingerprint density at radius 1 is 1.32 bits per heavy atom. The second-order valence-electron chi connectivity index (χ2n) is 4.82. The average Bonchev–Trinajstić information content (AvgIpc) is 2.45. The van der Waals surface area contributed by atoms with Crippen LogP contribution >= 0.6 is 0 Å². The minimum absolute atomic E-state index is 0.259. The van der Waals surface area contributed by atoms with Gasteiger partial charge in [0, 0.05) is 11.5 Å². The van der Waals surface area contributed by atoms with Gasteiger partial charge >= 0.3 is 5.97 Å². The standard InChI is InChI=1S/C15H15NO3/c1-19-13-8-12(15(17)18)11-7-6-9-4-2-3-5-10(9)14(11)16-13/h6-8H,2-5H2,1H3,(H,17,18). The van der Waals surface area contributed by atoms with Crippen LogP contribution in [-0.2, 0) is 12.8 Å². The van der Waals surface area contributed by atoms with Crippen LogP contribution in [0.3, 0.4) is 0 Å². The number of carboxylic acids is 1. The van der Waals surface area contributed by atoms with Crippen LogP contribution in [0, 0.1) is 0 Å². The SMILES string of the molecule is COc1cc(C(=O)O)c2ccc3c(c2n1)CCCC3. The number of carboxylic acid groups (broad SMARTS) is 1. The molecule has 3 rings (SSSR count). The summed E-state index contributed by atoms with van der Waals surface area (Å²) in [6.45, 7) is 0. The third-order valence-electron chi connectivity index (χ3n) is 3.72. The van der Waals surface area contributed by atoms with Crippen molar-refractivity contribution in [1.82, 2.24) is 4.98 Å². The third-order valence-corrected chi connectivity index (χ3v) is 3.72. The molecule has 4 heteroatoms. The molecule has 98 valence electrons. The van der Waals surface area contributed by atoms with Crippen molar-refractivity contribution < 1.29 is 14.6 Å². The molecule has 19 heavy (non-hydrogen) atoms. The first-order valence-corrected chi connectivity index (χ1v) is 6.43. The van der Waals surface area contributed by atoms with Gasteiger partial charge in [0.05, 0.1) is 18.2 Å². The highest BCUT2D eigenvalue weighted by Crippen LogP contribution is 2.31. The van der Waals surface area contributed by atoms with Gasteiger partial charge in [-0.05, 0) is 36.8 Å². The topological polar surface area (TPSA) is 59.4 Å². The molecule has 1 aliphatic rings. The lowest BCUT2D eigenvalue weighted by Crippen LogP contribution is -2.07. The number of aromatic carboxylic acids is 1. The Kier molecular flexibility index (Phi) is 2.85. The summed E-state index contributed by atoms with van der Waals surface area (Å²) in [5, 5.41) is 10.0. The summed E-state index contributed by atoms with van der Waals surface area (Å²) in [4.78, 5) is 15.8. The molecule has 0 atom stereocenters. The number of aryl methyl sites for hydroxylation is 2. The van der Waals surface area contributed by atoms with Crippen molar-refractivity contribution >= 4 is 16.9 Å². The molecule has 1 heterocycles. The molecule has 0 aliphatic heterocycles. The molecule has 0 bridgehead atoms. The summed E-state index contributed by atoms with van der Waals surface area (Å²) in [5.74, 6) is -0.578. The van der Waals surface area contributed by atoms with Crippen LogP contribution in [0.15, 0.2) is 18.2 Å². The number of methoxy groups -OCH3 is 1. The van der Waals surface area contributed by atoms with Crippen LogP contribution in [0.25, 0.3) is 10.9 Å². The summed E-state index contributed by atoms with van der Waals surface area (Å²) in [7, 11) is 1.51. The van der Waals surface area contributed by atoms with E-state index in [-0.39, 0.29) is 5.56 Å². The van der Waals surface area contributed by atoms with E-state index < -0.39 is 5.97 Å². The zero-order valence-electron chi connectivity index (χ0n) is 10.8. The van der Waals surface area contributed by atoms with E-state index in [9.17, 15) is 9.90 Å². The monoisotopic (exact) mass is 257 g/mol. The van der Waals surface area contributed by atoms with Crippen molar-refractivity contribution in [2.24, 2.45) is 0 Å². The van der Waals surface area contributed by atoms with Gasteiger partial charge < -0.3 is 9.84 Å². The molecular weight excluding hydrogens is 242 g/mol. The molecular formula is C15H15NO3. The van der Waals surface area contributed by atoms with E-state index in [1.165, 1.54) is 30.7 Å². The van der Waals surface area contributed by atoms with E-state index in [1.807, 2.05) is 12.1 Å². The van der Waals surface area contributed by atoms with Gasteiger partial charge in [0.1, 0.15) is 0 Å². The zero-order valence-corrected chi connectivity index (χ0v) is 10.8. The van der Waals surface area contributed by atoms with E-state index in [0.717, 1.165) is 24.8 Å². The fraction of sp³-hybridized carbons (Fsp3) is 0.333. The van der Waals surface area contributed by atoms with Gasteiger partial charge in [-0.25, -0.2) is 9.78 Å². The van der Waals surface area contributed by atoms with Crippen LogP contribution in [-0.4, -0.2) is 23.2 Å². The van der Waals surface area contributed by atoms with E-state index in [0.29, 0.717) is 11.3 Å². The van der Waals surface area contributed by atoms with Gasteiger partial charge in [0.15, 0.2) is 0 Å². The predicted molar refractivity (Wildman–Crippen MR) is 71.9 cm³/mol. The molecule has 0 saturated carbocycles. The van der Waals surface area contributed by atoms with Crippen LogP contribution < -0.4 is 4.74 Å². The van der Waals surface area contributed by atoms with Gasteiger partial charge in [-0.3, -0.25) is 0 Å². The molecule has 0 fully saturated rings. The molecule has 1 N–H and O–H groups in total. The summed E-state index contributed by atoms with van der Waals surface area (Å²) in [6, 6.07) is 5.40. The Hall–Kier alpha value is -2.10. The van der Waals surface area contributed by atoms with Gasteiger partial charge in [-0.2, -0.15) is 0 Å². The first-order valence-electron chi connectivity index (χ1n) is 6.43. The third kappa shape index (κ3) is 1.93. The number of ether oxygens (including phenoxy) is 1. The number of pyridine rings is 1. The van der Waals surface area contributed by atoms with Gasteiger partial charge in [-0.1, -0.05) is 12.1 Å². The smallest absolute Gasteiger partial charge is 0.336 e. The van der Waals surface area contributed by atoms with Crippen molar-refractivity contribution in [2.45, 2.75) is 25.7 Å². The van der Waals surface area contributed by atoms with Crippen LogP contribution in [0.1, 0.15) is 34.3 Å². The number of benzene rings is 1. The summed E-state index contributed by atoms with van der Waals surface area (Å²) in [6.07, 6.45) is 4.33. The van der Waals surface area contributed by atoms with Crippen LogP contribution in [0.4, 0.5) is 0 Å². The maximum Gasteiger partial charge on any atom is 0.336 e. The Morgan fingerprint density at radius 3 is 2.84 bits per heavy atom. The number of carbonyl (C=O) groups is 1. The molecule has 1 aliphatic carbocycles. The van der Waals surface area contributed by atoms with E-state index >= 15 is 0 Å². The Morgan fingerprint density at radius 2 is 2.11 bits per heavy atom. The molecule has 2 aromatic rings. The van der Waals surface area contributed by atoms with Crippen molar-refractivity contribution in [3.8, 4) is 5.88 Å². The summed E-state index contributed by atoms with van der Waals surface area (Å²) >= 11 is 0. The number of aromatic nitrogens is 1. The van der Waals surface area contributed by atoms with E-state index in [2.05, 4.69) is 4.98 Å². The Balaban J connectivity index is 2.36. The van der Waals surface area contributed by atoms with Crippen molar-refractivity contribution in [1.29, 1.82) is 0 Å². The van der Waals surface area contributed by atoms with Gasteiger partial charge in [-0.15, -0.1) is 0 Å². The average molecular weight is 257 g/mol. The van der Waals surface area contributed by atoms with Crippen LogP contribution in [0.5, 0.6) is 5.88 Å². The number of rotatable bonds is 2. The second kappa shape index (κ2) is 4.53. The zero-order chi connectivity index (χ0) is 13.4. The lowest BCUT2D eigenvalue weighted by Gasteiger charge is -2.18. The van der Waals surface area contributed by atoms with Gasteiger partial charge in [0.25, 0.3) is 0 Å². The van der Waals surface area contributed by atoms with E-state index in [1.54, 1.807) is 0 Å². The molecule has 1 aromatic carbocycles. The fourth-order valence-corrected chi connectivity index (χ4v) is 2.78. The minimum atomic E-state index is -0.943. The van der Waals surface area contributed by atoms with E-state index in [4.69, 9.17) is 4.74 Å². The van der Waals surface area contributed by atoms with Crippen LogP contribution in [0.2, 0.25) is 0 Å². The number of hydrogen-bond acceptors (Lipinski definition) is 3. The predicted octanol–water partition coefficient (Wildman–Crippen LogP) is 2.82. The highest BCUT2D eigenvalue weighted by atomic mass is 16.5. The molecule has 0 unspecified atom stereocenters. The summed E-state index contributed by atoms with van der Waals surface area (Å²) in [5.41, 5.74) is 3.52. The van der Waals surface area contributed by atoms with Crippen molar-refractivity contribution in [2.75, 3.05) is 7.11 Å². The quantitative estimate of drug-likeness (QED) is 0.898. The minimum Gasteiger partial charge on any atom is -0.481 e. The number of hydrogen-bond donors (Lipinski definition) is 1. The maximum atomic E-state index is 11.4. The first-order chi connectivity index (χ1) is 9.20. The van der Waals surface area contributed by atoms with Gasteiger partial charge in [0.2, 0.25) is 5.88 Å². The Bertz CT molecular complexity index is 664.